The van der Waals surface area contributed by atoms with Gasteiger partial charge < -0.3 is 0 Å². The predicted molar refractivity (Wildman–Crippen MR) is 52.5 cm³/mol. The topological polar surface area (TPSA) is 110 Å². The van der Waals surface area contributed by atoms with E-state index < -0.39 is 11.8 Å². The summed E-state index contributed by atoms with van der Waals surface area (Å²) in [6, 6.07) is 1.75. The minimum absolute atomic E-state index is 0.0844. The molecule has 0 atom stereocenters. The van der Waals surface area contributed by atoms with Gasteiger partial charge in [-0.05, 0) is 19.9 Å². The Morgan fingerprint density at radius 2 is 1.73 bits per heavy atom. The molecular formula is C8H11N5O2. The first kappa shape index (κ1) is 11.1. The molecule has 0 radical (unpaired) electrons. The summed E-state index contributed by atoms with van der Waals surface area (Å²) in [5.41, 5.74) is 3.11. The molecule has 0 saturated carbocycles. The van der Waals surface area contributed by atoms with Crippen molar-refractivity contribution >= 4 is 17.8 Å². The van der Waals surface area contributed by atoms with E-state index >= 15 is 0 Å². The van der Waals surface area contributed by atoms with E-state index in [1.807, 2.05) is 0 Å². The molecule has 0 fully saturated rings. The molecule has 0 bridgehead atoms. The van der Waals surface area contributed by atoms with Crippen LogP contribution in [0.4, 0.5) is 5.95 Å². The number of nitrogens with one attached hydrogen (secondary N) is 2. The smallest absolute Gasteiger partial charge is 0.286 e. The van der Waals surface area contributed by atoms with Crippen LogP contribution in [0.5, 0.6) is 0 Å². The summed E-state index contributed by atoms with van der Waals surface area (Å²) >= 11 is 0. The Bertz CT molecular complexity index is 384. The molecule has 0 spiro atoms. The average Bonchev–Trinajstić information content (AvgIpc) is 2.14. The number of nitrogens with two attached hydrogens (primary N) is 1. The lowest BCUT2D eigenvalue weighted by Crippen LogP contribution is -2.39. The van der Waals surface area contributed by atoms with Crippen LogP contribution in [0.3, 0.4) is 0 Å². The molecule has 0 aliphatic heterocycles. The van der Waals surface area contributed by atoms with Crippen LogP contribution < -0.4 is 16.6 Å². The fourth-order valence-corrected chi connectivity index (χ4v) is 1.01. The molecule has 1 aromatic heterocycles. The summed E-state index contributed by atoms with van der Waals surface area (Å²) in [6.07, 6.45) is 0. The van der Waals surface area contributed by atoms with Gasteiger partial charge in [0.2, 0.25) is 5.95 Å². The number of anilines is 1. The molecule has 7 nitrogen and oxygen atoms in total. The summed E-state index contributed by atoms with van der Waals surface area (Å²) in [4.78, 5) is 29.7. The number of hydrogen-bond donors (Lipinski definition) is 3. The Kier molecular flexibility index (Phi) is 3.29. The van der Waals surface area contributed by atoms with Gasteiger partial charge in [0.25, 0.3) is 0 Å². The van der Waals surface area contributed by atoms with E-state index in [0.29, 0.717) is 11.4 Å². The number of hydrogen-bond acceptors (Lipinski definition) is 5. The van der Waals surface area contributed by atoms with Crippen LogP contribution in [0, 0.1) is 13.8 Å². The van der Waals surface area contributed by atoms with Gasteiger partial charge in [-0.2, -0.15) is 0 Å². The highest BCUT2D eigenvalue weighted by Gasteiger charge is 2.13. The van der Waals surface area contributed by atoms with Crippen molar-refractivity contribution < 1.29 is 9.59 Å². The fraction of sp³-hybridized carbons (Fsp3) is 0.250. The van der Waals surface area contributed by atoms with Crippen molar-refractivity contribution in [2.75, 3.05) is 5.32 Å². The molecular weight excluding hydrogens is 198 g/mol. The van der Waals surface area contributed by atoms with Crippen LogP contribution >= 0.6 is 0 Å². The molecule has 7 heteroatoms. The van der Waals surface area contributed by atoms with Crippen molar-refractivity contribution in [1.82, 2.24) is 15.4 Å². The average molecular weight is 209 g/mol. The van der Waals surface area contributed by atoms with Gasteiger partial charge in [0.15, 0.2) is 0 Å². The normalized spacial score (nSPS) is 9.53. The van der Waals surface area contributed by atoms with E-state index in [9.17, 15) is 9.59 Å². The van der Waals surface area contributed by atoms with Crippen molar-refractivity contribution in [2.24, 2.45) is 5.84 Å². The summed E-state index contributed by atoms with van der Waals surface area (Å²) in [5.74, 6) is 3.02. The van der Waals surface area contributed by atoms with E-state index in [2.05, 4.69) is 15.3 Å². The van der Waals surface area contributed by atoms with E-state index in [-0.39, 0.29) is 5.95 Å². The largest absolute Gasteiger partial charge is 0.323 e. The lowest BCUT2D eigenvalue weighted by atomic mass is 10.4. The SMILES string of the molecule is Cc1cc(C)nc(NC(=O)C(=O)NN)n1. The quantitative estimate of drug-likeness (QED) is 0.238. The first-order valence-electron chi connectivity index (χ1n) is 4.17. The molecule has 1 aromatic rings. The van der Waals surface area contributed by atoms with Gasteiger partial charge >= 0.3 is 11.8 Å². The molecule has 15 heavy (non-hydrogen) atoms. The van der Waals surface area contributed by atoms with Crippen LogP contribution in [0.1, 0.15) is 11.4 Å². The predicted octanol–water partition coefficient (Wildman–Crippen LogP) is -0.978. The maximum Gasteiger partial charge on any atom is 0.323 e. The summed E-state index contributed by atoms with van der Waals surface area (Å²) in [7, 11) is 0. The Morgan fingerprint density at radius 3 is 2.20 bits per heavy atom. The molecule has 1 rings (SSSR count). The Labute approximate surface area is 86.1 Å². The first-order chi connectivity index (χ1) is 7.02. The van der Waals surface area contributed by atoms with Crippen LogP contribution in [0.25, 0.3) is 0 Å². The third-order valence-corrected chi connectivity index (χ3v) is 1.54. The second kappa shape index (κ2) is 4.47. The van der Waals surface area contributed by atoms with E-state index in [0.717, 1.165) is 0 Å². The van der Waals surface area contributed by atoms with Crippen molar-refractivity contribution in [3.05, 3.63) is 17.5 Å². The van der Waals surface area contributed by atoms with E-state index in [1.54, 1.807) is 25.3 Å². The van der Waals surface area contributed by atoms with Crippen LogP contribution in [-0.4, -0.2) is 21.8 Å². The number of carbonyl (C=O) groups is 2. The molecule has 1 heterocycles. The minimum Gasteiger partial charge on any atom is -0.286 e. The summed E-state index contributed by atoms with van der Waals surface area (Å²) < 4.78 is 0. The molecule has 80 valence electrons. The molecule has 0 unspecified atom stereocenters. The van der Waals surface area contributed by atoms with Gasteiger partial charge in [0.05, 0.1) is 0 Å². The van der Waals surface area contributed by atoms with Gasteiger partial charge in [-0.3, -0.25) is 20.3 Å². The zero-order valence-electron chi connectivity index (χ0n) is 8.37. The first-order valence-corrected chi connectivity index (χ1v) is 4.17. The van der Waals surface area contributed by atoms with Crippen molar-refractivity contribution in [3.63, 3.8) is 0 Å². The molecule has 0 aliphatic rings. The zero-order valence-corrected chi connectivity index (χ0v) is 8.37. The Hall–Kier alpha value is -2.02. The Morgan fingerprint density at radius 1 is 1.20 bits per heavy atom. The fourth-order valence-electron chi connectivity index (χ4n) is 1.01. The van der Waals surface area contributed by atoms with Crippen molar-refractivity contribution in [2.45, 2.75) is 13.8 Å². The molecule has 2 amide bonds. The highest BCUT2D eigenvalue weighted by atomic mass is 16.2. The standard InChI is InChI=1S/C8H11N5O2/c1-4-3-5(2)11-8(10-4)12-6(14)7(15)13-9/h3H,9H2,1-2H3,(H,13,15)(H,10,11,12,14). The van der Waals surface area contributed by atoms with Gasteiger partial charge in [0.1, 0.15) is 0 Å². The van der Waals surface area contributed by atoms with Crippen LogP contribution in [0.2, 0.25) is 0 Å². The highest BCUT2D eigenvalue weighted by Crippen LogP contribution is 2.03. The Balaban J connectivity index is 2.81. The molecule has 0 aromatic carbocycles. The summed E-state index contributed by atoms with van der Waals surface area (Å²) in [5, 5.41) is 2.22. The number of rotatable bonds is 1. The molecule has 4 N–H and O–H groups in total. The second-order valence-electron chi connectivity index (χ2n) is 2.90. The monoisotopic (exact) mass is 209 g/mol. The van der Waals surface area contributed by atoms with Crippen LogP contribution in [-0.2, 0) is 9.59 Å². The number of hydrazine groups is 1. The van der Waals surface area contributed by atoms with Crippen molar-refractivity contribution in [1.29, 1.82) is 0 Å². The van der Waals surface area contributed by atoms with E-state index in [1.165, 1.54) is 0 Å². The van der Waals surface area contributed by atoms with Gasteiger partial charge in [0, 0.05) is 11.4 Å². The maximum absolute atomic E-state index is 11.1. The van der Waals surface area contributed by atoms with Gasteiger partial charge in [-0.25, -0.2) is 15.8 Å². The number of amides is 2. The second-order valence-corrected chi connectivity index (χ2v) is 2.90. The molecule has 0 aliphatic carbocycles. The lowest BCUT2D eigenvalue weighted by Gasteiger charge is -2.03. The van der Waals surface area contributed by atoms with Crippen LogP contribution in [0.15, 0.2) is 6.07 Å². The number of aryl methyl sites for hydroxylation is 2. The maximum atomic E-state index is 11.1. The van der Waals surface area contributed by atoms with E-state index in [4.69, 9.17) is 5.84 Å². The minimum atomic E-state index is -0.947. The van der Waals surface area contributed by atoms with Crippen molar-refractivity contribution in [3.8, 4) is 0 Å². The van der Waals surface area contributed by atoms with Gasteiger partial charge in [-0.1, -0.05) is 0 Å². The third-order valence-electron chi connectivity index (χ3n) is 1.54. The number of aromatic nitrogens is 2. The lowest BCUT2D eigenvalue weighted by molar-refractivity contribution is -0.136. The number of carbonyl (C=O) groups excluding carboxylic acids is 2. The zero-order chi connectivity index (χ0) is 11.4. The number of nitrogens with zero attached hydrogens (tertiary/aromatic N) is 2. The highest BCUT2D eigenvalue weighted by molar-refractivity contribution is 6.39. The summed E-state index contributed by atoms with van der Waals surface area (Å²) in [6.45, 7) is 3.51. The molecule has 0 saturated heterocycles. The third kappa shape index (κ3) is 2.99. The van der Waals surface area contributed by atoms with Gasteiger partial charge in [-0.15, -0.1) is 0 Å².